The summed E-state index contributed by atoms with van der Waals surface area (Å²) in [5.41, 5.74) is 1.68. The summed E-state index contributed by atoms with van der Waals surface area (Å²) in [4.78, 5) is 11.7. The van der Waals surface area contributed by atoms with Crippen LogP contribution in [-0.4, -0.2) is 31.7 Å². The molecule has 2 aromatic heterocycles. The van der Waals surface area contributed by atoms with Gasteiger partial charge in [0.1, 0.15) is 6.54 Å². The summed E-state index contributed by atoms with van der Waals surface area (Å²) in [6.45, 7) is 2.51. The van der Waals surface area contributed by atoms with E-state index in [1.807, 2.05) is 0 Å². The van der Waals surface area contributed by atoms with Gasteiger partial charge < -0.3 is 0 Å². The Labute approximate surface area is 133 Å². The second-order valence-electron chi connectivity index (χ2n) is 5.03. The van der Waals surface area contributed by atoms with Gasteiger partial charge in [0, 0.05) is 12.7 Å². The molecule has 0 spiro atoms. The van der Waals surface area contributed by atoms with Gasteiger partial charge in [0.05, 0.1) is 17.5 Å². The molecule has 0 aliphatic rings. The molecule has 130 valence electrons. The topological polar surface area (TPSA) is 77.1 Å². The maximum absolute atomic E-state index is 13.6. The fourth-order valence-electron chi connectivity index (χ4n) is 1.94. The van der Waals surface area contributed by atoms with Crippen molar-refractivity contribution in [1.82, 2.24) is 25.0 Å². The molecule has 0 saturated heterocycles. The highest BCUT2D eigenvalue weighted by Crippen LogP contribution is 2.28. The molecule has 0 aliphatic carbocycles. The molecule has 0 atom stereocenters. The molecule has 24 heavy (non-hydrogen) atoms. The Morgan fingerprint density at radius 2 is 2.04 bits per heavy atom. The van der Waals surface area contributed by atoms with E-state index in [0.717, 1.165) is 21.6 Å². The molecule has 0 saturated carbocycles. The Hall–Kier alpha value is -2.72. The van der Waals surface area contributed by atoms with Crippen LogP contribution in [0.1, 0.15) is 22.6 Å². The lowest BCUT2D eigenvalue weighted by Gasteiger charge is -2.03. The van der Waals surface area contributed by atoms with Gasteiger partial charge in [-0.15, -0.1) is 0 Å². The fraction of sp³-hybridized carbons (Fsp3) is 0.385. The third-order valence-corrected chi connectivity index (χ3v) is 3.14. The van der Waals surface area contributed by atoms with Crippen molar-refractivity contribution in [2.75, 3.05) is 0 Å². The first-order chi connectivity index (χ1) is 11.1. The summed E-state index contributed by atoms with van der Waals surface area (Å²) in [5, 5.41) is 10.7. The number of aryl methyl sites for hydroxylation is 3. The Morgan fingerprint density at radius 1 is 1.38 bits per heavy atom. The van der Waals surface area contributed by atoms with Crippen LogP contribution in [-0.2, 0) is 24.6 Å². The summed E-state index contributed by atoms with van der Waals surface area (Å²) >= 11 is 0. The number of rotatable bonds is 4. The van der Waals surface area contributed by atoms with Crippen molar-refractivity contribution in [2.45, 2.75) is 26.6 Å². The lowest BCUT2D eigenvalue weighted by Crippen LogP contribution is -2.24. The molecule has 0 unspecified atom stereocenters. The molecule has 2 heterocycles. The number of hydrogen-bond donors (Lipinski definition) is 1. The Balaban J connectivity index is 2.01. The number of hydrogen-bond acceptors (Lipinski definition) is 4. The summed E-state index contributed by atoms with van der Waals surface area (Å²) in [5.74, 6) is -1.32. The maximum atomic E-state index is 13.6. The maximum Gasteiger partial charge on any atom is 0.435 e. The number of nitrogens with zero attached hydrogens (tertiary/aromatic N) is 5. The quantitative estimate of drug-likeness (QED) is 0.518. The molecule has 7 nitrogen and oxygen atoms in total. The van der Waals surface area contributed by atoms with E-state index in [1.165, 1.54) is 14.0 Å². The Bertz CT molecular complexity index is 789. The Morgan fingerprint density at radius 3 is 2.54 bits per heavy atom. The zero-order valence-electron chi connectivity index (χ0n) is 13.0. The molecule has 0 aromatic carbocycles. The van der Waals surface area contributed by atoms with Gasteiger partial charge in [0.2, 0.25) is 5.95 Å². The SMILES string of the molecule is Cc1nn(C)c(F)c1/C=N/NC(=O)Cn1nc(C(F)(F)F)cc1C. The van der Waals surface area contributed by atoms with Crippen LogP contribution in [0.15, 0.2) is 11.2 Å². The van der Waals surface area contributed by atoms with Crippen molar-refractivity contribution < 1.29 is 22.4 Å². The van der Waals surface area contributed by atoms with E-state index in [9.17, 15) is 22.4 Å². The molecule has 2 aromatic rings. The lowest BCUT2D eigenvalue weighted by atomic mass is 10.3. The summed E-state index contributed by atoms with van der Waals surface area (Å²) in [6.07, 6.45) is -3.51. The van der Waals surface area contributed by atoms with Gasteiger partial charge in [-0.25, -0.2) is 10.1 Å². The van der Waals surface area contributed by atoms with E-state index < -0.39 is 30.3 Å². The molecule has 1 amide bonds. The van der Waals surface area contributed by atoms with E-state index in [1.54, 1.807) is 6.92 Å². The first-order valence-electron chi connectivity index (χ1n) is 6.72. The first-order valence-corrected chi connectivity index (χ1v) is 6.72. The molecule has 0 bridgehead atoms. The molecule has 0 radical (unpaired) electrons. The first kappa shape index (κ1) is 17.6. The lowest BCUT2D eigenvalue weighted by molar-refractivity contribution is -0.141. The van der Waals surface area contributed by atoms with E-state index in [4.69, 9.17) is 0 Å². The minimum Gasteiger partial charge on any atom is -0.271 e. The van der Waals surface area contributed by atoms with Crippen molar-refractivity contribution in [2.24, 2.45) is 12.1 Å². The minimum absolute atomic E-state index is 0.104. The summed E-state index contributed by atoms with van der Waals surface area (Å²) in [7, 11) is 1.41. The number of hydrazone groups is 1. The van der Waals surface area contributed by atoms with Gasteiger partial charge in [-0.3, -0.25) is 9.48 Å². The van der Waals surface area contributed by atoms with Crippen molar-refractivity contribution >= 4 is 12.1 Å². The average Bonchev–Trinajstić information content (AvgIpc) is 2.94. The van der Waals surface area contributed by atoms with Crippen LogP contribution in [0, 0.1) is 19.8 Å². The predicted octanol–water partition coefficient (Wildman–Crippen LogP) is 1.54. The van der Waals surface area contributed by atoms with Crippen molar-refractivity contribution in [1.29, 1.82) is 0 Å². The average molecular weight is 346 g/mol. The van der Waals surface area contributed by atoms with Crippen LogP contribution in [0.4, 0.5) is 17.6 Å². The number of alkyl halides is 3. The molecule has 2 rings (SSSR count). The predicted molar refractivity (Wildman–Crippen MR) is 75.6 cm³/mol. The van der Waals surface area contributed by atoms with E-state index in [0.29, 0.717) is 5.69 Å². The van der Waals surface area contributed by atoms with Crippen molar-refractivity contribution in [3.8, 4) is 0 Å². The van der Waals surface area contributed by atoms with Gasteiger partial charge >= 0.3 is 6.18 Å². The van der Waals surface area contributed by atoms with Crippen LogP contribution < -0.4 is 5.43 Å². The number of halogens is 4. The molecular formula is C13H14F4N6O. The largest absolute Gasteiger partial charge is 0.435 e. The number of aromatic nitrogens is 4. The number of carbonyl (C=O) groups excluding carboxylic acids is 1. The third kappa shape index (κ3) is 3.78. The second-order valence-corrected chi connectivity index (χ2v) is 5.03. The highest BCUT2D eigenvalue weighted by atomic mass is 19.4. The number of nitrogens with one attached hydrogen (secondary N) is 1. The molecule has 0 fully saturated rings. The number of amides is 1. The van der Waals surface area contributed by atoms with Gasteiger partial charge in [-0.1, -0.05) is 0 Å². The standard InChI is InChI=1S/C13H14F4N6O/c1-7-4-10(13(15,16)17)21-23(7)6-11(24)19-18-5-9-8(2)20-22(3)12(9)14/h4-5H,6H2,1-3H3,(H,19,24)/b18-5+. The highest BCUT2D eigenvalue weighted by Gasteiger charge is 2.34. The fourth-order valence-corrected chi connectivity index (χ4v) is 1.94. The van der Waals surface area contributed by atoms with Gasteiger partial charge in [0.25, 0.3) is 5.91 Å². The third-order valence-electron chi connectivity index (χ3n) is 3.14. The minimum atomic E-state index is -4.58. The molecule has 11 heteroatoms. The summed E-state index contributed by atoms with van der Waals surface area (Å²) < 4.78 is 53.2. The molecule has 1 N–H and O–H groups in total. The van der Waals surface area contributed by atoms with Crippen LogP contribution in [0.3, 0.4) is 0 Å². The van der Waals surface area contributed by atoms with E-state index in [-0.39, 0.29) is 11.3 Å². The molecular weight excluding hydrogens is 332 g/mol. The van der Waals surface area contributed by atoms with Gasteiger partial charge in [-0.2, -0.15) is 32.9 Å². The number of carbonyl (C=O) groups is 1. The van der Waals surface area contributed by atoms with Gasteiger partial charge in [-0.05, 0) is 19.9 Å². The van der Waals surface area contributed by atoms with Crippen molar-refractivity contribution in [3.63, 3.8) is 0 Å². The van der Waals surface area contributed by atoms with Crippen LogP contribution in [0.25, 0.3) is 0 Å². The van der Waals surface area contributed by atoms with Crippen molar-refractivity contribution in [3.05, 3.63) is 34.7 Å². The van der Waals surface area contributed by atoms with Crippen LogP contribution in [0.5, 0.6) is 0 Å². The summed E-state index contributed by atoms with van der Waals surface area (Å²) in [6, 6.07) is 0.838. The zero-order valence-corrected chi connectivity index (χ0v) is 13.0. The van der Waals surface area contributed by atoms with Crippen LogP contribution in [0.2, 0.25) is 0 Å². The highest BCUT2D eigenvalue weighted by molar-refractivity contribution is 5.83. The second kappa shape index (κ2) is 6.42. The van der Waals surface area contributed by atoms with Gasteiger partial charge in [0.15, 0.2) is 5.69 Å². The van der Waals surface area contributed by atoms with Crippen LogP contribution >= 0.6 is 0 Å². The smallest absolute Gasteiger partial charge is 0.271 e. The van der Waals surface area contributed by atoms with E-state index >= 15 is 0 Å². The zero-order chi connectivity index (χ0) is 18.1. The Kier molecular flexibility index (Phi) is 4.71. The normalized spacial score (nSPS) is 12.1. The molecule has 0 aliphatic heterocycles. The van der Waals surface area contributed by atoms with E-state index in [2.05, 4.69) is 20.7 Å². The monoisotopic (exact) mass is 346 g/mol.